The van der Waals surface area contributed by atoms with Crippen molar-refractivity contribution in [3.8, 4) is 5.75 Å². The second-order valence-corrected chi connectivity index (χ2v) is 6.18. The highest BCUT2D eigenvalue weighted by molar-refractivity contribution is 5.36. The molecule has 122 valence electrons. The number of hydrogen-bond acceptors (Lipinski definition) is 3. The summed E-state index contributed by atoms with van der Waals surface area (Å²) in [6, 6.07) is 4.56. The Kier molecular flexibility index (Phi) is 5.59. The summed E-state index contributed by atoms with van der Waals surface area (Å²) in [4.78, 5) is 0. The third-order valence-corrected chi connectivity index (χ3v) is 3.87. The molecule has 1 fully saturated rings. The Morgan fingerprint density at radius 2 is 2.14 bits per heavy atom. The molecule has 0 aromatic heterocycles. The maximum atomic E-state index is 13.7. The fourth-order valence-electron chi connectivity index (χ4n) is 2.66. The minimum atomic E-state index is -0.743. The number of phenols is 1. The summed E-state index contributed by atoms with van der Waals surface area (Å²) in [5.41, 5.74) is 0.491. The Balaban J connectivity index is 2.22. The van der Waals surface area contributed by atoms with E-state index >= 15 is 0 Å². The summed E-state index contributed by atoms with van der Waals surface area (Å²) >= 11 is 0. The Labute approximate surface area is 131 Å². The molecule has 0 radical (unpaired) electrons. The van der Waals surface area contributed by atoms with E-state index in [4.69, 9.17) is 9.47 Å². The van der Waals surface area contributed by atoms with Gasteiger partial charge in [0.25, 0.3) is 0 Å². The largest absolute Gasteiger partial charge is 0.505 e. The van der Waals surface area contributed by atoms with E-state index in [0.29, 0.717) is 12.2 Å². The maximum absolute atomic E-state index is 13.7. The van der Waals surface area contributed by atoms with E-state index in [9.17, 15) is 9.50 Å². The van der Waals surface area contributed by atoms with Crippen LogP contribution in [-0.4, -0.2) is 17.5 Å². The molecule has 0 aliphatic carbocycles. The van der Waals surface area contributed by atoms with Crippen LogP contribution >= 0.6 is 0 Å². The molecule has 1 N–H and O–H groups in total. The number of rotatable bonds is 5. The lowest BCUT2D eigenvalue weighted by Gasteiger charge is -2.41. The summed E-state index contributed by atoms with van der Waals surface area (Å²) in [5.74, 6) is -1.64. The van der Waals surface area contributed by atoms with Gasteiger partial charge in [0.1, 0.15) is 0 Å². The van der Waals surface area contributed by atoms with Crippen LogP contribution in [0.5, 0.6) is 5.75 Å². The van der Waals surface area contributed by atoms with Crippen molar-refractivity contribution in [1.29, 1.82) is 0 Å². The first-order chi connectivity index (χ1) is 10.4. The Hall–Kier alpha value is -1.39. The van der Waals surface area contributed by atoms with Crippen LogP contribution in [0.4, 0.5) is 4.39 Å². The number of unbranched alkanes of at least 4 members (excludes halogenated alkanes) is 1. The number of aromatic hydroxyl groups is 1. The van der Waals surface area contributed by atoms with Crippen LogP contribution in [0.25, 0.3) is 0 Å². The molecular formula is C18H25FO3. The quantitative estimate of drug-likeness (QED) is 0.800. The summed E-state index contributed by atoms with van der Waals surface area (Å²) in [5, 5.41) is 10.0. The second-order valence-electron chi connectivity index (χ2n) is 6.18. The van der Waals surface area contributed by atoms with Gasteiger partial charge in [0.15, 0.2) is 17.4 Å². The van der Waals surface area contributed by atoms with E-state index in [-0.39, 0.29) is 17.8 Å². The van der Waals surface area contributed by atoms with Gasteiger partial charge >= 0.3 is 0 Å². The highest BCUT2D eigenvalue weighted by atomic mass is 19.1. The van der Waals surface area contributed by atoms with Crippen molar-refractivity contribution in [2.75, 3.05) is 6.61 Å². The zero-order valence-corrected chi connectivity index (χ0v) is 13.5. The fourth-order valence-corrected chi connectivity index (χ4v) is 2.66. The second kappa shape index (κ2) is 7.25. The molecule has 1 aromatic rings. The molecule has 1 heterocycles. The lowest BCUT2D eigenvalue weighted by atomic mass is 9.91. The molecule has 0 amide bonds. The zero-order chi connectivity index (χ0) is 16.2. The number of para-hydroxylation sites is 1. The minimum Gasteiger partial charge on any atom is -0.505 e. The van der Waals surface area contributed by atoms with Crippen molar-refractivity contribution in [1.82, 2.24) is 0 Å². The Morgan fingerprint density at radius 3 is 2.86 bits per heavy atom. The normalized spacial score (nSPS) is 24.7. The van der Waals surface area contributed by atoms with Gasteiger partial charge in [0.05, 0.1) is 12.7 Å². The van der Waals surface area contributed by atoms with Gasteiger partial charge in [0.2, 0.25) is 0 Å². The number of phenolic OH excluding ortho intramolecular Hbond substituents is 1. The van der Waals surface area contributed by atoms with Crippen molar-refractivity contribution < 1.29 is 19.0 Å². The Morgan fingerprint density at radius 1 is 1.36 bits per heavy atom. The third kappa shape index (κ3) is 4.08. The number of benzene rings is 1. The van der Waals surface area contributed by atoms with Gasteiger partial charge in [-0.1, -0.05) is 37.6 Å². The van der Waals surface area contributed by atoms with Gasteiger partial charge < -0.3 is 14.6 Å². The smallest absolute Gasteiger partial charge is 0.165 e. The molecule has 4 heteroatoms. The van der Waals surface area contributed by atoms with Crippen LogP contribution in [0.15, 0.2) is 30.4 Å². The lowest BCUT2D eigenvalue weighted by molar-refractivity contribution is -0.295. The van der Waals surface area contributed by atoms with Gasteiger partial charge in [-0.15, -0.1) is 0 Å². The van der Waals surface area contributed by atoms with E-state index in [0.717, 1.165) is 19.3 Å². The number of allylic oxidation sites excluding steroid dienone is 2. The minimum absolute atomic E-state index is 0.0498. The number of hydrogen-bond donors (Lipinski definition) is 1. The molecule has 1 saturated heterocycles. The molecule has 3 nitrogen and oxygen atoms in total. The first-order valence-corrected chi connectivity index (χ1v) is 7.88. The maximum Gasteiger partial charge on any atom is 0.165 e. The van der Waals surface area contributed by atoms with Crippen molar-refractivity contribution >= 4 is 0 Å². The van der Waals surface area contributed by atoms with Crippen molar-refractivity contribution in [2.24, 2.45) is 5.92 Å². The van der Waals surface area contributed by atoms with Gasteiger partial charge in [-0.25, -0.2) is 4.39 Å². The average molecular weight is 308 g/mol. The molecule has 1 aromatic carbocycles. The monoisotopic (exact) mass is 308 g/mol. The molecule has 0 spiro atoms. The molecule has 2 rings (SSSR count). The molecule has 2 atom stereocenters. The lowest BCUT2D eigenvalue weighted by Crippen LogP contribution is -2.41. The summed E-state index contributed by atoms with van der Waals surface area (Å²) in [6.07, 6.45) is 6.79. The van der Waals surface area contributed by atoms with Crippen LogP contribution in [0.3, 0.4) is 0 Å². The van der Waals surface area contributed by atoms with Crippen LogP contribution < -0.4 is 0 Å². The van der Waals surface area contributed by atoms with Crippen molar-refractivity contribution in [2.45, 2.75) is 51.9 Å². The van der Waals surface area contributed by atoms with Gasteiger partial charge in [-0.05, 0) is 32.8 Å². The van der Waals surface area contributed by atoms with Crippen LogP contribution in [0, 0.1) is 11.7 Å². The molecule has 22 heavy (non-hydrogen) atoms. The first-order valence-electron chi connectivity index (χ1n) is 7.88. The number of ether oxygens (including phenoxy) is 2. The van der Waals surface area contributed by atoms with Crippen molar-refractivity contribution in [3.63, 3.8) is 0 Å². The highest BCUT2D eigenvalue weighted by Gasteiger charge is 2.38. The molecule has 0 saturated carbocycles. The van der Waals surface area contributed by atoms with E-state index < -0.39 is 11.6 Å². The van der Waals surface area contributed by atoms with E-state index in [1.54, 1.807) is 12.1 Å². The van der Waals surface area contributed by atoms with E-state index in [1.807, 2.05) is 13.8 Å². The van der Waals surface area contributed by atoms with Crippen LogP contribution in [-0.2, 0) is 9.47 Å². The molecule has 0 bridgehead atoms. The molecule has 1 aliphatic heterocycles. The Bertz CT molecular complexity index is 525. The van der Waals surface area contributed by atoms with Crippen molar-refractivity contribution in [3.05, 3.63) is 41.7 Å². The molecule has 0 unspecified atom stereocenters. The van der Waals surface area contributed by atoms with Gasteiger partial charge in [-0.2, -0.15) is 0 Å². The summed E-state index contributed by atoms with van der Waals surface area (Å²) in [6.45, 7) is 6.32. The van der Waals surface area contributed by atoms with Gasteiger partial charge in [-0.3, -0.25) is 0 Å². The molecular weight excluding hydrogens is 283 g/mol. The number of halogens is 1. The topological polar surface area (TPSA) is 38.7 Å². The molecule has 1 aliphatic rings. The van der Waals surface area contributed by atoms with Crippen LogP contribution in [0.2, 0.25) is 0 Å². The summed E-state index contributed by atoms with van der Waals surface area (Å²) in [7, 11) is 0. The van der Waals surface area contributed by atoms with E-state index in [1.165, 1.54) is 6.07 Å². The standard InChI is InChI=1S/C18H25FO3/c1-4-5-6-7-9-13-12-21-18(2,3)22-17(13)14-10-8-11-15(19)16(14)20/h6-8,10-11,13,17,20H,4-5,9,12H2,1-3H3/t13-,17+/m1/s1. The van der Waals surface area contributed by atoms with Gasteiger partial charge in [0, 0.05) is 11.5 Å². The average Bonchev–Trinajstić information content (AvgIpc) is 2.47. The van der Waals surface area contributed by atoms with E-state index in [2.05, 4.69) is 19.1 Å². The first kappa shape index (κ1) is 17.0. The summed E-state index contributed by atoms with van der Waals surface area (Å²) < 4.78 is 25.4. The highest BCUT2D eigenvalue weighted by Crippen LogP contribution is 2.42. The third-order valence-electron chi connectivity index (χ3n) is 3.87. The predicted molar refractivity (Wildman–Crippen MR) is 84.1 cm³/mol. The predicted octanol–water partition coefficient (Wildman–Crippen LogP) is 4.72. The SMILES string of the molecule is CCCC=CC[C@@H]1COC(C)(C)O[C@@H]1c1cccc(F)c1O. The fraction of sp³-hybridized carbons (Fsp3) is 0.556. The van der Waals surface area contributed by atoms with Crippen LogP contribution in [0.1, 0.15) is 51.7 Å². The zero-order valence-electron chi connectivity index (χ0n) is 13.5.